The number of halogens is 1. The lowest BCUT2D eigenvalue weighted by atomic mass is 9.81. The van der Waals surface area contributed by atoms with E-state index in [9.17, 15) is 9.18 Å². The maximum Gasteiger partial charge on any atom is 0.306 e. The summed E-state index contributed by atoms with van der Waals surface area (Å²) in [4.78, 5) is 15.8. The van der Waals surface area contributed by atoms with E-state index < -0.39 is 6.17 Å². The lowest BCUT2D eigenvalue weighted by Crippen LogP contribution is -2.28. The Morgan fingerprint density at radius 1 is 1.23 bits per heavy atom. The predicted octanol–water partition coefficient (Wildman–Crippen LogP) is 3.30. The number of carbonyl (C=O) groups excluding carboxylic acids is 1. The van der Waals surface area contributed by atoms with E-state index in [1.54, 1.807) is 12.3 Å². The molecule has 0 bridgehead atoms. The Hall–Kier alpha value is -2.17. The van der Waals surface area contributed by atoms with Crippen LogP contribution in [0.15, 0.2) is 36.5 Å². The summed E-state index contributed by atoms with van der Waals surface area (Å²) in [5.41, 5.74) is 0.864. The monoisotopic (exact) mass is 303 g/mol. The number of benzene rings is 1. The Morgan fingerprint density at radius 3 is 2.86 bits per heavy atom. The summed E-state index contributed by atoms with van der Waals surface area (Å²) in [6.07, 6.45) is 2.22. The van der Waals surface area contributed by atoms with Crippen molar-refractivity contribution in [3.05, 3.63) is 36.5 Å². The summed E-state index contributed by atoms with van der Waals surface area (Å²) in [5.74, 6) is 0.591. The van der Waals surface area contributed by atoms with E-state index in [1.165, 1.54) is 0 Å². The second-order valence-corrected chi connectivity index (χ2v) is 5.53. The number of alkyl halides is 1. The van der Waals surface area contributed by atoms with Gasteiger partial charge < -0.3 is 9.47 Å². The molecule has 0 aliphatic heterocycles. The quantitative estimate of drug-likeness (QED) is 0.607. The highest BCUT2D eigenvalue weighted by Gasteiger charge is 2.30. The van der Waals surface area contributed by atoms with Crippen LogP contribution in [0.25, 0.3) is 10.9 Å². The topological polar surface area (TPSA) is 48.4 Å². The van der Waals surface area contributed by atoms with Crippen LogP contribution in [0.2, 0.25) is 0 Å². The van der Waals surface area contributed by atoms with Gasteiger partial charge in [0.25, 0.3) is 0 Å². The molecule has 22 heavy (non-hydrogen) atoms. The molecular weight excluding hydrogens is 285 g/mol. The molecule has 0 N–H and O–H groups in total. The van der Waals surface area contributed by atoms with Crippen LogP contribution in [-0.4, -0.2) is 30.3 Å². The molecule has 1 aromatic carbocycles. The molecule has 1 heterocycles. The number of pyridine rings is 1. The first kappa shape index (κ1) is 14.8. The molecule has 1 saturated carbocycles. The smallest absolute Gasteiger partial charge is 0.306 e. The number of carbonyl (C=O) groups is 1. The highest BCUT2D eigenvalue weighted by Crippen LogP contribution is 2.32. The lowest BCUT2D eigenvalue weighted by molar-refractivity contribution is -0.146. The fraction of sp³-hybridized carbons (Fsp3) is 0.412. The van der Waals surface area contributed by atoms with Crippen molar-refractivity contribution >= 4 is 16.9 Å². The molecule has 2 aromatic rings. The van der Waals surface area contributed by atoms with Crippen LogP contribution in [0, 0.1) is 5.92 Å². The van der Waals surface area contributed by atoms with E-state index in [1.807, 2.05) is 24.3 Å². The number of hydrogen-bond donors (Lipinski definition) is 0. The molecule has 0 radical (unpaired) electrons. The highest BCUT2D eigenvalue weighted by molar-refractivity contribution is 5.84. The number of para-hydroxylation sites is 1. The number of nitrogens with zero attached hydrogens (tertiary/aromatic N) is 1. The number of esters is 1. The van der Waals surface area contributed by atoms with E-state index in [2.05, 4.69) is 4.98 Å². The van der Waals surface area contributed by atoms with Gasteiger partial charge in [-0.25, -0.2) is 4.39 Å². The zero-order valence-electron chi connectivity index (χ0n) is 12.2. The van der Waals surface area contributed by atoms with Crippen molar-refractivity contribution < 1.29 is 18.7 Å². The normalized spacial score (nSPS) is 20.4. The van der Waals surface area contributed by atoms with Crippen molar-refractivity contribution in [2.75, 3.05) is 13.2 Å². The van der Waals surface area contributed by atoms with Gasteiger partial charge in [0.05, 0.1) is 5.52 Å². The first-order valence-corrected chi connectivity index (χ1v) is 7.48. The second kappa shape index (κ2) is 6.73. The van der Waals surface area contributed by atoms with Crippen LogP contribution in [0.5, 0.6) is 5.75 Å². The molecule has 1 aromatic heterocycles. The largest absolute Gasteiger partial charge is 0.489 e. The molecular formula is C17H18FNO3. The van der Waals surface area contributed by atoms with Crippen molar-refractivity contribution in [3.63, 3.8) is 0 Å². The number of aromatic nitrogens is 1. The van der Waals surface area contributed by atoms with Gasteiger partial charge in [-0.05, 0) is 37.0 Å². The van der Waals surface area contributed by atoms with Gasteiger partial charge in [0.15, 0.2) is 0 Å². The molecule has 0 unspecified atom stereocenters. The third-order valence-corrected chi connectivity index (χ3v) is 3.85. The minimum Gasteiger partial charge on any atom is -0.489 e. The van der Waals surface area contributed by atoms with Crippen molar-refractivity contribution in [1.29, 1.82) is 0 Å². The minimum atomic E-state index is -0.735. The molecule has 5 heteroatoms. The van der Waals surface area contributed by atoms with E-state index in [0.29, 0.717) is 19.3 Å². The SMILES string of the molecule is O=C(CC1CC(F)C1)OCCOc1ccnc2ccccc12. The Bertz CT molecular complexity index is 650. The van der Waals surface area contributed by atoms with Gasteiger partial charge in [-0.1, -0.05) is 12.1 Å². The Kier molecular flexibility index (Phi) is 4.51. The van der Waals surface area contributed by atoms with Crippen LogP contribution in [0.1, 0.15) is 19.3 Å². The maximum absolute atomic E-state index is 12.7. The maximum atomic E-state index is 12.7. The van der Waals surface area contributed by atoms with Gasteiger partial charge >= 0.3 is 5.97 Å². The van der Waals surface area contributed by atoms with Crippen LogP contribution in [-0.2, 0) is 9.53 Å². The van der Waals surface area contributed by atoms with E-state index in [-0.39, 0.29) is 25.1 Å². The average Bonchev–Trinajstić information content (AvgIpc) is 2.50. The molecule has 3 rings (SSSR count). The minimum absolute atomic E-state index is 0.146. The molecule has 0 saturated heterocycles. The van der Waals surface area contributed by atoms with Gasteiger partial charge in [0, 0.05) is 18.0 Å². The number of hydrogen-bond acceptors (Lipinski definition) is 4. The molecule has 4 nitrogen and oxygen atoms in total. The van der Waals surface area contributed by atoms with Gasteiger partial charge in [0.1, 0.15) is 25.1 Å². The third kappa shape index (κ3) is 3.53. The summed E-state index contributed by atoms with van der Waals surface area (Å²) >= 11 is 0. The molecule has 0 spiro atoms. The van der Waals surface area contributed by atoms with Gasteiger partial charge in [-0.2, -0.15) is 0 Å². The Morgan fingerprint density at radius 2 is 2.05 bits per heavy atom. The molecule has 1 fully saturated rings. The fourth-order valence-electron chi connectivity index (χ4n) is 2.62. The number of ether oxygens (including phenoxy) is 2. The van der Waals surface area contributed by atoms with Crippen molar-refractivity contribution in [2.45, 2.75) is 25.4 Å². The zero-order chi connectivity index (χ0) is 15.4. The molecule has 1 aliphatic rings. The summed E-state index contributed by atoms with van der Waals surface area (Å²) in [6, 6.07) is 9.49. The van der Waals surface area contributed by atoms with Crippen LogP contribution < -0.4 is 4.74 Å². The Balaban J connectivity index is 1.43. The fourth-order valence-corrected chi connectivity index (χ4v) is 2.62. The van der Waals surface area contributed by atoms with Crippen LogP contribution in [0.3, 0.4) is 0 Å². The third-order valence-electron chi connectivity index (χ3n) is 3.85. The second-order valence-electron chi connectivity index (χ2n) is 5.53. The molecule has 116 valence electrons. The van der Waals surface area contributed by atoms with Crippen LogP contribution in [0.4, 0.5) is 4.39 Å². The Labute approximate surface area is 128 Å². The van der Waals surface area contributed by atoms with Crippen molar-refractivity contribution in [2.24, 2.45) is 5.92 Å². The van der Waals surface area contributed by atoms with Crippen molar-refractivity contribution in [1.82, 2.24) is 4.98 Å². The van der Waals surface area contributed by atoms with Gasteiger partial charge in [-0.15, -0.1) is 0 Å². The first-order valence-electron chi connectivity index (χ1n) is 7.48. The van der Waals surface area contributed by atoms with E-state index in [4.69, 9.17) is 9.47 Å². The lowest BCUT2D eigenvalue weighted by Gasteiger charge is -2.28. The van der Waals surface area contributed by atoms with Gasteiger partial charge in [0.2, 0.25) is 0 Å². The highest BCUT2D eigenvalue weighted by atomic mass is 19.1. The van der Waals surface area contributed by atoms with E-state index >= 15 is 0 Å². The first-order chi connectivity index (χ1) is 10.7. The van der Waals surface area contributed by atoms with Crippen LogP contribution >= 0.6 is 0 Å². The predicted molar refractivity (Wildman–Crippen MR) is 80.4 cm³/mol. The molecule has 1 aliphatic carbocycles. The molecule has 0 amide bonds. The zero-order valence-corrected chi connectivity index (χ0v) is 12.2. The standard InChI is InChI=1S/C17H18FNO3/c18-13-9-12(10-13)11-17(20)22-8-7-21-16-5-6-19-15-4-2-1-3-14(15)16/h1-6,12-13H,7-11H2. The summed E-state index contributed by atoms with van der Waals surface area (Å²) in [7, 11) is 0. The molecule has 0 atom stereocenters. The summed E-state index contributed by atoms with van der Waals surface area (Å²) in [5, 5.41) is 0.930. The average molecular weight is 303 g/mol. The number of fused-ring (bicyclic) bond motifs is 1. The summed E-state index contributed by atoms with van der Waals surface area (Å²) < 4.78 is 23.4. The van der Waals surface area contributed by atoms with Gasteiger partial charge in [-0.3, -0.25) is 9.78 Å². The summed E-state index contributed by atoms with van der Waals surface area (Å²) in [6.45, 7) is 0.484. The number of rotatable bonds is 6. The van der Waals surface area contributed by atoms with E-state index in [0.717, 1.165) is 16.7 Å². The van der Waals surface area contributed by atoms with Crippen molar-refractivity contribution in [3.8, 4) is 5.75 Å².